The van der Waals surface area contributed by atoms with Crippen LogP contribution >= 0.6 is 11.6 Å². The van der Waals surface area contributed by atoms with Crippen molar-refractivity contribution in [1.29, 1.82) is 0 Å². The molecule has 5 nitrogen and oxygen atoms in total. The van der Waals surface area contributed by atoms with Gasteiger partial charge in [-0.3, -0.25) is 4.57 Å². The van der Waals surface area contributed by atoms with Crippen LogP contribution in [0.5, 0.6) is 0 Å². The van der Waals surface area contributed by atoms with Crippen LogP contribution in [0.4, 0.5) is 0 Å². The van der Waals surface area contributed by atoms with E-state index < -0.39 is 0 Å². The second-order valence-electron chi connectivity index (χ2n) is 4.40. The molecule has 2 aromatic rings. The molecule has 6 heteroatoms. The van der Waals surface area contributed by atoms with Gasteiger partial charge in [-0.25, -0.2) is 9.78 Å². The third-order valence-electron chi connectivity index (χ3n) is 3.01. The second-order valence-corrected chi connectivity index (χ2v) is 4.76. The third-order valence-corrected chi connectivity index (χ3v) is 3.27. The van der Waals surface area contributed by atoms with Crippen LogP contribution in [0, 0.1) is 0 Å². The van der Waals surface area contributed by atoms with E-state index in [1.807, 2.05) is 4.57 Å². The molecule has 2 heterocycles. The molecule has 0 atom stereocenters. The van der Waals surface area contributed by atoms with Gasteiger partial charge in [0.05, 0.1) is 6.33 Å². The summed E-state index contributed by atoms with van der Waals surface area (Å²) in [6, 6.07) is 0. The summed E-state index contributed by atoms with van der Waals surface area (Å²) in [5.41, 5.74) is 0.957. The zero-order valence-corrected chi connectivity index (χ0v) is 11.7. The molecule has 0 aromatic carbocycles. The molecule has 2 rings (SSSR count). The summed E-state index contributed by atoms with van der Waals surface area (Å²) in [7, 11) is 0. The van der Waals surface area contributed by atoms with Crippen molar-refractivity contribution < 1.29 is 0 Å². The average Bonchev–Trinajstić information content (AvgIpc) is 2.78. The minimum absolute atomic E-state index is 0.200. The van der Waals surface area contributed by atoms with E-state index in [1.54, 1.807) is 17.0 Å². The van der Waals surface area contributed by atoms with E-state index in [1.165, 1.54) is 0 Å². The smallest absolute Gasteiger partial charge is 0.323 e. The van der Waals surface area contributed by atoms with Crippen LogP contribution in [0.15, 0.2) is 23.8 Å². The molecular formula is C13H17ClN4O. The Morgan fingerprint density at radius 3 is 2.95 bits per heavy atom. The first-order chi connectivity index (χ1) is 9.19. The van der Waals surface area contributed by atoms with E-state index in [9.17, 15) is 4.79 Å². The third kappa shape index (κ3) is 2.71. The fourth-order valence-electron chi connectivity index (χ4n) is 2.07. The maximum absolute atomic E-state index is 11.9. The molecule has 0 fully saturated rings. The molecule has 0 N–H and O–H groups in total. The molecule has 0 saturated carbocycles. The Hall–Kier alpha value is -1.62. The molecule has 19 heavy (non-hydrogen) atoms. The van der Waals surface area contributed by atoms with Crippen LogP contribution in [0.2, 0.25) is 5.15 Å². The summed E-state index contributed by atoms with van der Waals surface area (Å²) in [4.78, 5) is 20.1. The number of nitrogens with zero attached hydrogens (tertiary/aromatic N) is 4. The molecular weight excluding hydrogens is 264 g/mol. The molecule has 0 saturated heterocycles. The van der Waals surface area contributed by atoms with Crippen molar-refractivity contribution in [2.45, 2.75) is 39.3 Å². The number of imidazole rings is 1. The normalized spacial score (nSPS) is 11.1. The molecule has 0 bridgehead atoms. The number of fused-ring (bicyclic) bond motifs is 1. The van der Waals surface area contributed by atoms with Gasteiger partial charge < -0.3 is 4.57 Å². The molecule has 2 aromatic heterocycles. The summed E-state index contributed by atoms with van der Waals surface area (Å²) in [6.45, 7) is 7.03. The maximum atomic E-state index is 11.9. The van der Waals surface area contributed by atoms with Gasteiger partial charge in [-0.2, -0.15) is 4.98 Å². The van der Waals surface area contributed by atoms with Crippen LogP contribution in [0.25, 0.3) is 11.2 Å². The fourth-order valence-corrected chi connectivity index (χ4v) is 2.33. The highest BCUT2D eigenvalue weighted by atomic mass is 35.5. The Labute approximate surface area is 116 Å². The van der Waals surface area contributed by atoms with E-state index in [2.05, 4.69) is 23.5 Å². The van der Waals surface area contributed by atoms with Gasteiger partial charge in [0.25, 0.3) is 0 Å². The van der Waals surface area contributed by atoms with Gasteiger partial charge in [0.15, 0.2) is 10.8 Å². The lowest BCUT2D eigenvalue weighted by atomic mass is 10.2. The van der Waals surface area contributed by atoms with E-state index in [-0.39, 0.29) is 10.8 Å². The number of aryl methyl sites for hydroxylation is 1. The molecule has 0 aliphatic carbocycles. The number of hydrogen-bond donors (Lipinski definition) is 0. The molecule has 102 valence electrons. The Kier molecular flexibility index (Phi) is 4.37. The van der Waals surface area contributed by atoms with Crippen molar-refractivity contribution in [2.75, 3.05) is 0 Å². The minimum Gasteiger partial charge on any atom is -0.323 e. The van der Waals surface area contributed by atoms with Crippen LogP contribution in [0.1, 0.15) is 26.2 Å². The lowest BCUT2D eigenvalue weighted by molar-refractivity contribution is 0.590. The number of allylic oxidation sites excluding steroid dienone is 1. The van der Waals surface area contributed by atoms with Crippen LogP contribution in [-0.2, 0) is 13.1 Å². The van der Waals surface area contributed by atoms with Gasteiger partial charge in [-0.05, 0) is 6.42 Å². The Balaban J connectivity index is 2.51. The number of halogens is 1. The van der Waals surface area contributed by atoms with E-state index in [4.69, 9.17) is 11.6 Å². The number of hydrogen-bond acceptors (Lipinski definition) is 3. The first-order valence-corrected chi connectivity index (χ1v) is 6.79. The highest BCUT2D eigenvalue weighted by molar-refractivity contribution is 6.33. The second kappa shape index (κ2) is 6.02. The van der Waals surface area contributed by atoms with Crippen molar-refractivity contribution in [3.05, 3.63) is 34.6 Å². The minimum atomic E-state index is -0.336. The van der Waals surface area contributed by atoms with Crippen LogP contribution < -0.4 is 5.69 Å². The first kappa shape index (κ1) is 13.8. The lowest BCUT2D eigenvalue weighted by Crippen LogP contribution is -2.24. The van der Waals surface area contributed by atoms with E-state index in [0.717, 1.165) is 19.3 Å². The van der Waals surface area contributed by atoms with Gasteiger partial charge in [0.1, 0.15) is 5.52 Å². The monoisotopic (exact) mass is 280 g/mol. The molecule has 0 aliphatic rings. The van der Waals surface area contributed by atoms with Crippen molar-refractivity contribution in [2.24, 2.45) is 0 Å². The van der Waals surface area contributed by atoms with Crippen LogP contribution in [-0.4, -0.2) is 19.1 Å². The van der Waals surface area contributed by atoms with Gasteiger partial charge in [-0.15, -0.1) is 6.58 Å². The van der Waals surface area contributed by atoms with E-state index in [0.29, 0.717) is 24.3 Å². The largest absolute Gasteiger partial charge is 0.350 e. The van der Waals surface area contributed by atoms with Crippen LogP contribution in [0.3, 0.4) is 0 Å². The molecule has 0 amide bonds. The molecule has 0 radical (unpaired) electrons. The first-order valence-electron chi connectivity index (χ1n) is 6.41. The zero-order valence-electron chi connectivity index (χ0n) is 11.0. The highest BCUT2D eigenvalue weighted by Crippen LogP contribution is 2.19. The zero-order chi connectivity index (χ0) is 13.8. The molecule has 0 aliphatic heterocycles. The number of aromatic nitrogens is 4. The summed E-state index contributed by atoms with van der Waals surface area (Å²) in [5.74, 6) is 0. The number of rotatable bonds is 6. The van der Waals surface area contributed by atoms with Gasteiger partial charge >= 0.3 is 5.69 Å². The topological polar surface area (TPSA) is 52.7 Å². The van der Waals surface area contributed by atoms with Crippen molar-refractivity contribution in [3.63, 3.8) is 0 Å². The summed E-state index contributed by atoms with van der Waals surface area (Å²) < 4.78 is 3.43. The van der Waals surface area contributed by atoms with Crippen molar-refractivity contribution in [3.8, 4) is 0 Å². The Bertz CT molecular complexity index is 644. The standard InChI is InChI=1S/C13H17ClN4O/c1-3-5-6-8-18-12-10(11(14)16-13(18)19)17(7-4-2)9-15-12/h4,9H,2-3,5-8H2,1H3. The average molecular weight is 281 g/mol. The summed E-state index contributed by atoms with van der Waals surface area (Å²) in [6.07, 6.45) is 6.52. The fraction of sp³-hybridized carbons (Fsp3) is 0.462. The summed E-state index contributed by atoms with van der Waals surface area (Å²) >= 11 is 6.06. The molecule has 0 spiro atoms. The van der Waals surface area contributed by atoms with Gasteiger partial charge in [0, 0.05) is 13.1 Å². The predicted molar refractivity (Wildman–Crippen MR) is 76.5 cm³/mol. The quantitative estimate of drug-likeness (QED) is 0.464. The predicted octanol–water partition coefficient (Wildman–Crippen LogP) is 2.62. The van der Waals surface area contributed by atoms with Gasteiger partial charge in [0.2, 0.25) is 0 Å². The molecule has 0 unspecified atom stereocenters. The SMILES string of the molecule is C=CCn1cnc2c1c(Cl)nc(=O)n2CCCCC. The lowest BCUT2D eigenvalue weighted by Gasteiger charge is -2.07. The van der Waals surface area contributed by atoms with E-state index >= 15 is 0 Å². The maximum Gasteiger partial charge on any atom is 0.350 e. The van der Waals surface area contributed by atoms with Crippen molar-refractivity contribution in [1.82, 2.24) is 19.1 Å². The Morgan fingerprint density at radius 1 is 1.47 bits per heavy atom. The van der Waals surface area contributed by atoms with Gasteiger partial charge in [-0.1, -0.05) is 37.4 Å². The Morgan fingerprint density at radius 2 is 2.26 bits per heavy atom. The summed E-state index contributed by atoms with van der Waals surface area (Å²) in [5, 5.41) is 0.200. The number of unbranched alkanes of at least 4 members (excludes halogenated alkanes) is 2. The van der Waals surface area contributed by atoms with Crippen molar-refractivity contribution >= 4 is 22.8 Å². The highest BCUT2D eigenvalue weighted by Gasteiger charge is 2.13.